The quantitative estimate of drug-likeness (QED) is 0.0606. The Morgan fingerprint density at radius 2 is 1.36 bits per heavy atom. The summed E-state index contributed by atoms with van der Waals surface area (Å²) in [7, 11) is -6.43. The smallest absolute Gasteiger partial charge is 0.225 e. The van der Waals surface area contributed by atoms with Crippen molar-refractivity contribution >= 4 is 66.1 Å². The number of anilines is 6. The number of nitrogens with one attached hydrogen (secondary N) is 3. The minimum absolute atomic E-state index is 0.00885. The topological polar surface area (TPSA) is 278 Å². The van der Waals surface area contributed by atoms with E-state index >= 15 is 4.39 Å². The molecule has 0 saturated carbocycles. The number of sulfone groups is 2. The third-order valence-electron chi connectivity index (χ3n) is 10.4. The van der Waals surface area contributed by atoms with Crippen LogP contribution in [0.3, 0.4) is 0 Å². The molecular weight excluding hydrogens is 948 g/mol. The average Bonchev–Trinajstić information content (AvgIpc) is 3.24. The maximum absolute atomic E-state index is 16.0. The van der Waals surface area contributed by atoms with Crippen molar-refractivity contribution in [3.05, 3.63) is 101 Å². The fraction of sp³-hybridized carbons (Fsp3) is 0.319. The Balaban J connectivity index is 1.47. The van der Waals surface area contributed by atoms with Gasteiger partial charge in [-0.2, -0.15) is 0 Å². The van der Waals surface area contributed by atoms with Crippen LogP contribution in [0.15, 0.2) is 83.4 Å². The van der Waals surface area contributed by atoms with Gasteiger partial charge in [-0.1, -0.05) is 0 Å². The number of hydrogen-bond acceptors (Lipinski definition) is 18. The molecule has 6 aromatic heterocycles. The van der Waals surface area contributed by atoms with Gasteiger partial charge in [-0.05, 0) is 70.0 Å². The van der Waals surface area contributed by atoms with Crippen LogP contribution in [-0.4, -0.2) is 102 Å². The van der Waals surface area contributed by atoms with Crippen LogP contribution >= 0.6 is 0 Å². The van der Waals surface area contributed by atoms with E-state index in [0.717, 1.165) is 24.1 Å². The van der Waals surface area contributed by atoms with Gasteiger partial charge in [-0.3, -0.25) is 24.5 Å². The van der Waals surface area contributed by atoms with E-state index in [1.807, 2.05) is 6.92 Å². The molecule has 20 nitrogen and oxygen atoms in total. The van der Waals surface area contributed by atoms with E-state index in [9.17, 15) is 36.6 Å². The average molecular weight is 1000 g/mol. The maximum Gasteiger partial charge on any atom is 0.225 e. The highest BCUT2D eigenvalue weighted by atomic mass is 32.2. The minimum Gasteiger partial charge on any atom is -0.491 e. The van der Waals surface area contributed by atoms with E-state index in [1.54, 1.807) is 19.9 Å². The second kappa shape index (κ2) is 20.5. The number of nitrogens with zero attached hydrogens (tertiary/aromatic N) is 7. The molecule has 5 N–H and O–H groups in total. The number of aromatic nitrogens is 6. The summed E-state index contributed by atoms with van der Waals surface area (Å²) in [6.45, 7) is 10.5. The fourth-order valence-corrected chi connectivity index (χ4v) is 8.21. The molecule has 0 atom stereocenters. The number of aliphatic hydroxyl groups is 2. The molecule has 0 unspecified atom stereocenters. The SMILES string of the molecule is COCCOc1cc(Nc2cc(N(Cc3cc(Nc4cc(NC(C)=O)ncc4-c4cc(C)c(C(C)(C)O)cn4)nc(S(C)(=O)=O)c3)C(C)=O)ncc2-c2ncc(C(C)(C)O)cc2F)nc(S(C)(=O)=O)c1. The van der Waals surface area contributed by atoms with Crippen LogP contribution in [0.5, 0.6) is 5.75 Å². The molecule has 0 bridgehead atoms. The van der Waals surface area contributed by atoms with Gasteiger partial charge in [0.1, 0.15) is 47.1 Å². The Morgan fingerprint density at radius 1 is 0.729 bits per heavy atom. The first kappa shape index (κ1) is 52.3. The van der Waals surface area contributed by atoms with Gasteiger partial charge in [-0.15, -0.1) is 0 Å². The van der Waals surface area contributed by atoms with Crippen molar-refractivity contribution in [2.45, 2.75) is 76.3 Å². The van der Waals surface area contributed by atoms with Crippen LogP contribution in [-0.2, 0) is 51.7 Å². The van der Waals surface area contributed by atoms with Crippen molar-refractivity contribution in [1.29, 1.82) is 0 Å². The molecule has 6 heterocycles. The van der Waals surface area contributed by atoms with Gasteiger partial charge in [-0.25, -0.2) is 41.2 Å². The molecule has 6 rings (SSSR count). The van der Waals surface area contributed by atoms with E-state index in [-0.39, 0.29) is 86.9 Å². The molecule has 0 aromatic carbocycles. The van der Waals surface area contributed by atoms with E-state index < -0.39 is 48.5 Å². The molecule has 0 fully saturated rings. The third-order valence-corrected chi connectivity index (χ3v) is 12.4. The number of aryl methyl sites for hydroxylation is 1. The molecule has 0 radical (unpaired) electrons. The number of methoxy groups -OCH3 is 1. The van der Waals surface area contributed by atoms with Crippen LogP contribution in [0.25, 0.3) is 22.5 Å². The number of carbonyl (C=O) groups is 2. The van der Waals surface area contributed by atoms with Crippen molar-refractivity contribution in [2.24, 2.45) is 0 Å². The predicted octanol–water partition coefficient (Wildman–Crippen LogP) is 6.12. The van der Waals surface area contributed by atoms with Crippen LogP contribution in [0.4, 0.5) is 39.0 Å². The van der Waals surface area contributed by atoms with Crippen LogP contribution < -0.4 is 25.6 Å². The molecule has 23 heteroatoms. The Morgan fingerprint density at radius 3 is 1.93 bits per heavy atom. The zero-order valence-electron chi connectivity index (χ0n) is 40.0. The summed E-state index contributed by atoms with van der Waals surface area (Å²) in [5.74, 6) is -1.62. The fourth-order valence-electron chi connectivity index (χ4n) is 6.99. The number of carbonyl (C=O) groups excluding carboxylic acids is 2. The zero-order chi connectivity index (χ0) is 51.5. The van der Waals surface area contributed by atoms with E-state index in [4.69, 9.17) is 9.47 Å². The lowest BCUT2D eigenvalue weighted by molar-refractivity contribution is -0.117. The number of rotatable bonds is 18. The maximum atomic E-state index is 16.0. The predicted molar refractivity (Wildman–Crippen MR) is 260 cm³/mol. The minimum atomic E-state index is -4.00. The van der Waals surface area contributed by atoms with Crippen molar-refractivity contribution in [3.63, 3.8) is 0 Å². The third kappa shape index (κ3) is 13.0. The van der Waals surface area contributed by atoms with Crippen LogP contribution in [0.1, 0.15) is 63.8 Å². The number of ether oxygens (including phenoxy) is 2. The number of amides is 2. The van der Waals surface area contributed by atoms with E-state index in [1.165, 1.54) is 101 Å². The number of hydrogen-bond donors (Lipinski definition) is 5. The van der Waals surface area contributed by atoms with Gasteiger partial charge < -0.3 is 35.6 Å². The lowest BCUT2D eigenvalue weighted by Gasteiger charge is -2.23. The lowest BCUT2D eigenvalue weighted by Crippen LogP contribution is -2.29. The molecule has 0 aliphatic carbocycles. The second-order valence-corrected chi connectivity index (χ2v) is 21.3. The molecule has 70 heavy (non-hydrogen) atoms. The first-order valence-electron chi connectivity index (χ1n) is 21.3. The normalized spacial score (nSPS) is 12.1. The van der Waals surface area contributed by atoms with Gasteiger partial charge >= 0.3 is 0 Å². The molecule has 6 aromatic rings. The molecule has 0 spiro atoms. The largest absolute Gasteiger partial charge is 0.491 e. The van der Waals surface area contributed by atoms with E-state index in [0.29, 0.717) is 22.5 Å². The Kier molecular flexibility index (Phi) is 15.3. The Hall–Kier alpha value is -7.05. The highest BCUT2D eigenvalue weighted by Crippen LogP contribution is 2.37. The summed E-state index contributed by atoms with van der Waals surface area (Å²) in [6.07, 6.45) is 7.46. The van der Waals surface area contributed by atoms with Crippen LogP contribution in [0.2, 0.25) is 0 Å². The zero-order valence-corrected chi connectivity index (χ0v) is 41.7. The summed E-state index contributed by atoms with van der Waals surface area (Å²) >= 11 is 0. The standard InChI is InChI=1S/C47H53FN10O10S2/c1-26-13-36(49-24-34(26)47(6,7)62)32-22-50-39(53-27(2)59)19-37(32)54-40-14-29(15-43(56-40)69(9,63)64)25-58(28(3)60)42-20-38(33(23-51-42)45-35(48)16-30(21-52-45)46(4,5)61)55-41-17-31(68-12-11-67-8)18-44(57-41)70(10,65)66/h13-24,61-62H,11-12,25H2,1-10H3,(H,51,55,57)(H2,50,53,54,56,59). The molecule has 0 aliphatic rings. The van der Waals surface area contributed by atoms with Crippen molar-refractivity contribution in [3.8, 4) is 28.3 Å². The summed E-state index contributed by atoms with van der Waals surface area (Å²) in [4.78, 5) is 53.3. The van der Waals surface area contributed by atoms with Gasteiger partial charge in [0, 0.05) is 105 Å². The second-order valence-electron chi connectivity index (χ2n) is 17.4. The van der Waals surface area contributed by atoms with E-state index in [2.05, 4.69) is 45.9 Å². The Labute approximate surface area is 404 Å². The molecule has 0 saturated heterocycles. The van der Waals surface area contributed by atoms with Crippen LogP contribution in [0, 0.1) is 12.7 Å². The van der Waals surface area contributed by atoms with Gasteiger partial charge in [0.15, 0.2) is 29.7 Å². The number of pyridine rings is 6. The summed E-state index contributed by atoms with van der Waals surface area (Å²) in [6, 6.07) is 11.2. The number of halogens is 1. The molecule has 370 valence electrons. The molecule has 2 amide bonds. The highest BCUT2D eigenvalue weighted by Gasteiger charge is 2.25. The van der Waals surface area contributed by atoms with Gasteiger partial charge in [0.2, 0.25) is 11.8 Å². The van der Waals surface area contributed by atoms with Crippen molar-refractivity contribution < 1.29 is 50.5 Å². The molecule has 0 aliphatic heterocycles. The first-order chi connectivity index (χ1) is 32.6. The van der Waals surface area contributed by atoms with Crippen molar-refractivity contribution in [2.75, 3.05) is 53.7 Å². The monoisotopic (exact) mass is 1000 g/mol. The van der Waals surface area contributed by atoms with Crippen molar-refractivity contribution in [1.82, 2.24) is 29.9 Å². The lowest BCUT2D eigenvalue weighted by atomic mass is 9.94. The Bertz CT molecular complexity index is 3220. The van der Waals surface area contributed by atoms with Gasteiger partial charge in [0.25, 0.3) is 0 Å². The molecular formula is C47H53FN10O10S2. The summed E-state index contributed by atoms with van der Waals surface area (Å²) < 4.78 is 78.7. The first-order valence-corrected chi connectivity index (χ1v) is 25.1. The summed E-state index contributed by atoms with van der Waals surface area (Å²) in [5, 5.41) is 29.4. The highest BCUT2D eigenvalue weighted by molar-refractivity contribution is 7.90. The van der Waals surface area contributed by atoms with Gasteiger partial charge in [0.05, 0.1) is 41.4 Å². The summed E-state index contributed by atoms with van der Waals surface area (Å²) in [5.41, 5.74) is 0.131.